The summed E-state index contributed by atoms with van der Waals surface area (Å²) >= 11 is 0. The highest BCUT2D eigenvalue weighted by Gasteiger charge is 2.48. The fraction of sp³-hybridized carbons (Fsp3) is 0.566. The lowest BCUT2D eigenvalue weighted by molar-refractivity contribution is -0.438. The van der Waals surface area contributed by atoms with E-state index in [-0.39, 0.29) is 97.4 Å². The smallest absolute Gasteiger partial charge is 0.306 e. The number of allylic oxidation sites excluding steroid dienone is 6. The van der Waals surface area contributed by atoms with E-state index >= 15 is 0 Å². The number of rotatable bonds is 39. The zero-order valence-electron chi connectivity index (χ0n) is 64.8. The van der Waals surface area contributed by atoms with Gasteiger partial charge in [0.2, 0.25) is 35.2 Å². The summed E-state index contributed by atoms with van der Waals surface area (Å²) in [5.74, 6) is -4.11. The van der Waals surface area contributed by atoms with Gasteiger partial charge in [-0.1, -0.05) is 102 Å². The third-order valence-electron chi connectivity index (χ3n) is 22.5. The van der Waals surface area contributed by atoms with Gasteiger partial charge in [0, 0.05) is 118 Å². The summed E-state index contributed by atoms with van der Waals surface area (Å²) in [6.45, 7) is 19.5. The number of aryl methyl sites for hydroxylation is 1. The van der Waals surface area contributed by atoms with Crippen LogP contribution in [-0.4, -0.2) is 191 Å². The number of hydrogen-bond donors (Lipinski definition) is 7. The number of carboxylic acids is 1. The van der Waals surface area contributed by atoms with Crippen molar-refractivity contribution in [2.75, 3.05) is 70.9 Å². The second-order valence-electron chi connectivity index (χ2n) is 31.2. The molecule has 5 amide bonds. The number of unbranched alkanes of at least 4 members (excludes halogenated alkanes) is 4. The van der Waals surface area contributed by atoms with Gasteiger partial charge in [-0.3, -0.25) is 47.9 Å². The number of benzene rings is 4. The fourth-order valence-corrected chi connectivity index (χ4v) is 17.8. The number of anilines is 1. The number of ketones is 2. The van der Waals surface area contributed by atoms with Gasteiger partial charge in [0.25, 0.3) is 10.1 Å². The fourth-order valence-electron chi connectivity index (χ4n) is 17.0. The van der Waals surface area contributed by atoms with E-state index in [0.29, 0.717) is 115 Å². The van der Waals surface area contributed by atoms with E-state index in [1.807, 2.05) is 25.1 Å². The van der Waals surface area contributed by atoms with Gasteiger partial charge < -0.3 is 57.4 Å². The molecule has 0 aromatic heterocycles. The van der Waals surface area contributed by atoms with Crippen molar-refractivity contribution in [1.82, 2.24) is 30.2 Å². The Morgan fingerprint density at radius 3 is 2.11 bits per heavy atom. The van der Waals surface area contributed by atoms with E-state index in [2.05, 4.69) is 139 Å². The summed E-state index contributed by atoms with van der Waals surface area (Å²) < 4.78 is 37.8. The molecule has 0 radical (unpaired) electrons. The molecule has 3 saturated heterocycles. The van der Waals surface area contributed by atoms with Crippen LogP contribution in [0.15, 0.2) is 101 Å². The zero-order chi connectivity index (χ0) is 78.2. The number of carboxylic acid groups (broad SMARTS) is 1. The molecule has 24 nitrogen and oxygen atoms in total. The van der Waals surface area contributed by atoms with Crippen LogP contribution in [0.3, 0.4) is 0 Å². The molecule has 0 saturated carbocycles. The number of likely N-dealkylation sites (tertiary alicyclic amines) is 3. The molecule has 10 N–H and O–H groups in total. The van der Waals surface area contributed by atoms with Crippen molar-refractivity contribution in [3.05, 3.63) is 113 Å². The minimum Gasteiger partial charge on any atom is -0.481 e. The largest absolute Gasteiger partial charge is 0.481 e. The summed E-state index contributed by atoms with van der Waals surface area (Å²) in [7, 11) is -2.36. The first-order valence-corrected chi connectivity index (χ1v) is 40.7. The summed E-state index contributed by atoms with van der Waals surface area (Å²) in [4.78, 5) is 120. The first kappa shape index (κ1) is 83.4. The lowest BCUT2D eigenvalue weighted by atomic mass is 9.78. The molecule has 0 unspecified atom stereocenters. The number of nitrogens with zero attached hydrogens (tertiary/aromatic N) is 7. The lowest BCUT2D eigenvalue weighted by Gasteiger charge is -2.33. The highest BCUT2D eigenvalue weighted by molar-refractivity contribution is 7.86. The molecule has 0 aliphatic carbocycles. The Hall–Kier alpha value is -8.65. The van der Waals surface area contributed by atoms with E-state index < -0.39 is 63.4 Å². The Balaban J connectivity index is 0.705. The Bertz CT molecular complexity index is 4270. The molecule has 5 aliphatic rings. The quantitative estimate of drug-likeness (QED) is 0.00545. The minimum absolute atomic E-state index is 0.0659. The third kappa shape index (κ3) is 19.9. The standard InChI is InChI=1S/C83H116N12O12S/c1-9-11-45-91-65-40-38-60-57(27-19-31-62(60)74(65)82(4,5)71(91)36-17-14-18-37-72-83(6,7)75-63-50-55(3)51-70(108(105,106)107)61(63)39-41-66(75)92(72)46-12-10-2)54-90(8)44-22-30-58(96)28-16-13-15-26-56(80(103)104)52-59(97)29-20-42-87-76(99)67-33-24-48-94(67)79(102)69-35-25-49-95(69)78(101)64(32-21-43-88-81(85)86)89-77(100)68-34-23-47-93(68)73(98)53-84/h14,17-19,27,31,36-41,50-51,56,64,67-69H,9-13,15-16,20-26,28-30,32-35,42-49,52-54,84H2,1-8H3,(H7-,85,86,87,88,89,99,100,103,104,105,106,107)/p+1/t56-,64+,67+,68+,69+/m1/s1. The number of hydrogen-bond acceptors (Lipinski definition) is 14. The number of nitrogens with one attached hydrogen (secondary N) is 2. The van der Waals surface area contributed by atoms with Gasteiger partial charge in [-0.05, 0) is 175 Å². The topological polar surface area (TPSA) is 345 Å². The minimum atomic E-state index is -4.45. The highest BCUT2D eigenvalue weighted by Crippen LogP contribution is 2.52. The maximum atomic E-state index is 14.3. The van der Waals surface area contributed by atoms with Crippen LogP contribution in [0.1, 0.15) is 205 Å². The third-order valence-corrected chi connectivity index (χ3v) is 23.4. The molecule has 9 rings (SSSR count). The average molecular weight is 1510 g/mol. The average Bonchev–Trinajstić information content (AvgIpc) is 1.56. The van der Waals surface area contributed by atoms with E-state index in [1.54, 1.807) is 0 Å². The number of carbonyl (C=O) groups is 8. The van der Waals surface area contributed by atoms with Crippen LogP contribution in [-0.2, 0) is 65.8 Å². The van der Waals surface area contributed by atoms with Crippen molar-refractivity contribution in [3.8, 4) is 0 Å². The maximum Gasteiger partial charge on any atom is 0.306 e. The molecule has 3 fully saturated rings. The van der Waals surface area contributed by atoms with Gasteiger partial charge in [0.05, 0.1) is 17.9 Å². The van der Waals surface area contributed by atoms with Crippen molar-refractivity contribution in [3.63, 3.8) is 0 Å². The predicted octanol–water partition coefficient (Wildman–Crippen LogP) is 10.1. The van der Waals surface area contributed by atoms with Crippen LogP contribution in [0.4, 0.5) is 11.4 Å². The Labute approximate surface area is 637 Å². The van der Waals surface area contributed by atoms with Crippen molar-refractivity contribution in [2.24, 2.45) is 28.1 Å². The molecule has 108 heavy (non-hydrogen) atoms. The van der Waals surface area contributed by atoms with E-state index in [0.717, 1.165) is 73.2 Å². The van der Waals surface area contributed by atoms with E-state index in [1.165, 1.54) is 54.0 Å². The zero-order valence-corrected chi connectivity index (χ0v) is 65.7. The normalized spacial score (nSPS) is 19.2. The van der Waals surface area contributed by atoms with Crippen molar-refractivity contribution < 1.29 is 61.0 Å². The molecular weight excluding hydrogens is 1390 g/mol. The molecule has 5 aliphatic heterocycles. The maximum absolute atomic E-state index is 14.3. The number of amides is 5. The highest BCUT2D eigenvalue weighted by atomic mass is 32.2. The number of Topliss-reactive ketones (excluding diaryl/α,β-unsaturated/α-hetero) is 2. The second kappa shape index (κ2) is 37.6. The number of aliphatic imine (C=N–C) groups is 1. The Morgan fingerprint density at radius 2 is 1.41 bits per heavy atom. The monoisotopic (exact) mass is 1510 g/mol. The summed E-state index contributed by atoms with van der Waals surface area (Å²) in [5, 5.41) is 19.6. The molecule has 0 spiro atoms. The molecule has 0 bridgehead atoms. The number of fused-ring (bicyclic) bond motifs is 6. The SMILES string of the molecule is CCCCN1C(=CC=CC=CC2=[N+](CCCC)c3ccc4c(S(=O)(=O)O)cc(C)cc4c3C2(C)C)C(C)(C)c2c1ccc1c(CN(C)CCCC(=O)CCCCC[C@H](CC(=O)CCCNC(=O)[C@@H]3CCCN3C(=O)[C@@H]3CCCN3C(=O)[C@H](CCCN=C(N)N)NC(=O)[C@@H]3CCCN3C(=O)CN)C(=O)O)cccc21. The summed E-state index contributed by atoms with van der Waals surface area (Å²) in [6.07, 6.45) is 22.2. The second-order valence-corrected chi connectivity index (χ2v) is 32.6. The molecule has 4 aromatic carbocycles. The van der Waals surface area contributed by atoms with Crippen LogP contribution in [0.5, 0.6) is 0 Å². The lowest BCUT2D eigenvalue weighted by Crippen LogP contribution is -2.58. The van der Waals surface area contributed by atoms with Crippen LogP contribution >= 0.6 is 0 Å². The van der Waals surface area contributed by atoms with Gasteiger partial charge >= 0.3 is 5.97 Å². The Kier molecular flexibility index (Phi) is 29.1. The van der Waals surface area contributed by atoms with E-state index in [4.69, 9.17) is 17.2 Å². The summed E-state index contributed by atoms with van der Waals surface area (Å²) in [5.41, 5.74) is 24.8. The number of guanidine groups is 1. The molecule has 25 heteroatoms. The molecular formula is C83H117N12O12S+. The van der Waals surface area contributed by atoms with Crippen molar-refractivity contribution >= 4 is 102 Å². The van der Waals surface area contributed by atoms with Gasteiger partial charge in [-0.15, -0.1) is 0 Å². The van der Waals surface area contributed by atoms with Crippen LogP contribution in [0, 0.1) is 12.8 Å². The number of aliphatic carboxylic acids is 1. The van der Waals surface area contributed by atoms with Gasteiger partial charge in [0.15, 0.2) is 11.7 Å². The van der Waals surface area contributed by atoms with E-state index in [9.17, 15) is 56.4 Å². The van der Waals surface area contributed by atoms with Crippen LogP contribution < -0.4 is 32.7 Å². The number of nitrogens with two attached hydrogens (primary N) is 3. The Morgan fingerprint density at radius 1 is 0.722 bits per heavy atom. The van der Waals surface area contributed by atoms with Crippen LogP contribution in [0.2, 0.25) is 0 Å². The first-order chi connectivity index (χ1) is 51.5. The first-order valence-electron chi connectivity index (χ1n) is 39.3. The molecule has 5 atom stereocenters. The molecule has 5 heterocycles. The van der Waals surface area contributed by atoms with Crippen molar-refractivity contribution in [2.45, 2.75) is 236 Å². The molecule has 586 valence electrons. The predicted molar refractivity (Wildman–Crippen MR) is 424 cm³/mol. The van der Waals surface area contributed by atoms with Gasteiger partial charge in [0.1, 0.15) is 47.2 Å². The van der Waals surface area contributed by atoms with Crippen LogP contribution in [0.25, 0.3) is 21.5 Å². The molecule has 4 aromatic rings. The van der Waals surface area contributed by atoms with Crippen molar-refractivity contribution in [1.29, 1.82) is 0 Å². The number of carbonyl (C=O) groups excluding carboxylic acids is 7. The van der Waals surface area contributed by atoms with Gasteiger partial charge in [-0.25, -0.2) is 0 Å². The summed E-state index contributed by atoms with van der Waals surface area (Å²) in [6, 6.07) is 15.1. The van der Waals surface area contributed by atoms with Gasteiger partial charge in [-0.2, -0.15) is 13.0 Å².